The Morgan fingerprint density at radius 3 is 1.85 bits per heavy atom. The van der Waals surface area contributed by atoms with E-state index >= 15 is 0 Å². The van der Waals surface area contributed by atoms with E-state index in [0.717, 1.165) is 0 Å². The minimum atomic E-state index is -2.02. The standard InChI is InChI=1S/C8H17NO4/c1-3-6-7(10,11)4-9(2)5-8(6,12)13/h6,10-13H,3-5H2,1-2H3. The van der Waals surface area contributed by atoms with Crippen molar-refractivity contribution in [1.29, 1.82) is 0 Å². The second kappa shape index (κ2) is 3.18. The van der Waals surface area contributed by atoms with E-state index in [9.17, 15) is 20.4 Å². The van der Waals surface area contributed by atoms with Gasteiger partial charge in [-0.3, -0.25) is 4.90 Å². The van der Waals surface area contributed by atoms with Crippen LogP contribution in [0.15, 0.2) is 0 Å². The van der Waals surface area contributed by atoms with Crippen molar-refractivity contribution in [2.24, 2.45) is 5.92 Å². The fraction of sp³-hybridized carbons (Fsp3) is 1.00. The summed E-state index contributed by atoms with van der Waals surface area (Å²) in [5, 5.41) is 38.1. The first-order valence-electron chi connectivity index (χ1n) is 4.37. The van der Waals surface area contributed by atoms with Crippen molar-refractivity contribution < 1.29 is 20.4 Å². The van der Waals surface area contributed by atoms with E-state index in [0.29, 0.717) is 6.42 Å². The van der Waals surface area contributed by atoms with Crippen LogP contribution < -0.4 is 0 Å². The third-order valence-electron chi connectivity index (χ3n) is 2.53. The first-order valence-corrected chi connectivity index (χ1v) is 4.37. The summed E-state index contributed by atoms with van der Waals surface area (Å²) in [6, 6.07) is 0. The Morgan fingerprint density at radius 1 is 1.15 bits per heavy atom. The molecule has 0 aromatic heterocycles. The molecule has 0 spiro atoms. The molecule has 1 aliphatic heterocycles. The summed E-state index contributed by atoms with van der Waals surface area (Å²) in [7, 11) is 1.61. The van der Waals surface area contributed by atoms with Crippen molar-refractivity contribution >= 4 is 0 Å². The number of rotatable bonds is 1. The van der Waals surface area contributed by atoms with Crippen LogP contribution in [-0.2, 0) is 0 Å². The predicted octanol–water partition coefficient (Wildman–Crippen LogP) is -1.68. The average Bonchev–Trinajstić information content (AvgIpc) is 1.79. The lowest BCUT2D eigenvalue weighted by molar-refractivity contribution is -0.334. The van der Waals surface area contributed by atoms with Crippen molar-refractivity contribution in [3.05, 3.63) is 0 Å². The second-order valence-corrected chi connectivity index (χ2v) is 3.89. The number of aliphatic hydroxyl groups is 4. The summed E-state index contributed by atoms with van der Waals surface area (Å²) in [5.74, 6) is -4.97. The van der Waals surface area contributed by atoms with Crippen molar-refractivity contribution in [3.63, 3.8) is 0 Å². The normalized spacial score (nSPS) is 29.1. The van der Waals surface area contributed by atoms with Crippen molar-refractivity contribution in [3.8, 4) is 0 Å². The van der Waals surface area contributed by atoms with E-state index in [1.54, 1.807) is 14.0 Å². The third kappa shape index (κ3) is 2.00. The number of hydrogen-bond acceptors (Lipinski definition) is 5. The Labute approximate surface area is 77.2 Å². The topological polar surface area (TPSA) is 84.2 Å². The molecule has 0 aromatic rings. The molecule has 13 heavy (non-hydrogen) atoms. The van der Waals surface area contributed by atoms with E-state index in [1.165, 1.54) is 4.90 Å². The van der Waals surface area contributed by atoms with Crippen LogP contribution >= 0.6 is 0 Å². The third-order valence-corrected chi connectivity index (χ3v) is 2.53. The lowest BCUT2D eigenvalue weighted by Gasteiger charge is -2.47. The van der Waals surface area contributed by atoms with Crippen molar-refractivity contribution in [1.82, 2.24) is 4.90 Å². The van der Waals surface area contributed by atoms with Gasteiger partial charge in [0.2, 0.25) is 0 Å². The van der Waals surface area contributed by atoms with Crippen LogP contribution in [-0.4, -0.2) is 57.0 Å². The first-order chi connectivity index (χ1) is 5.79. The number of nitrogens with zero attached hydrogens (tertiary/aromatic N) is 1. The summed E-state index contributed by atoms with van der Waals surface area (Å²) < 4.78 is 0. The average molecular weight is 191 g/mol. The second-order valence-electron chi connectivity index (χ2n) is 3.89. The minimum Gasteiger partial charge on any atom is -0.364 e. The van der Waals surface area contributed by atoms with Crippen LogP contribution in [0.1, 0.15) is 13.3 Å². The Bertz CT molecular complexity index is 175. The summed E-state index contributed by atoms with van der Waals surface area (Å²) in [6.07, 6.45) is 0.313. The van der Waals surface area contributed by atoms with Gasteiger partial charge in [0.25, 0.3) is 0 Å². The summed E-state index contributed by atoms with van der Waals surface area (Å²) in [6.45, 7) is 1.76. The van der Waals surface area contributed by atoms with Gasteiger partial charge in [-0.25, -0.2) is 0 Å². The quantitative estimate of drug-likeness (QED) is 0.372. The zero-order valence-electron chi connectivity index (χ0n) is 7.93. The zero-order chi connectivity index (χ0) is 10.3. The lowest BCUT2D eigenvalue weighted by Crippen LogP contribution is -2.65. The van der Waals surface area contributed by atoms with Gasteiger partial charge in [0.15, 0.2) is 11.6 Å². The molecule has 1 heterocycles. The molecule has 0 aromatic carbocycles. The summed E-state index contributed by atoms with van der Waals surface area (Å²) in [5.41, 5.74) is 0. The molecule has 5 heteroatoms. The van der Waals surface area contributed by atoms with Gasteiger partial charge in [-0.1, -0.05) is 6.92 Å². The van der Waals surface area contributed by atoms with Gasteiger partial charge >= 0.3 is 0 Å². The molecule has 0 atom stereocenters. The molecule has 4 N–H and O–H groups in total. The van der Waals surface area contributed by atoms with Gasteiger partial charge in [0.1, 0.15) is 0 Å². The summed E-state index contributed by atoms with van der Waals surface area (Å²) in [4.78, 5) is 1.48. The van der Waals surface area contributed by atoms with Crippen LogP contribution in [0.3, 0.4) is 0 Å². The number of likely N-dealkylation sites (tertiary alicyclic amines) is 1. The van der Waals surface area contributed by atoms with Crippen LogP contribution in [0.4, 0.5) is 0 Å². The molecule has 0 amide bonds. The number of piperidine rings is 1. The minimum absolute atomic E-state index is 0.0361. The highest BCUT2D eigenvalue weighted by atomic mass is 16.5. The molecule has 1 rings (SSSR count). The van der Waals surface area contributed by atoms with Crippen LogP contribution in [0, 0.1) is 5.92 Å². The maximum atomic E-state index is 9.53. The van der Waals surface area contributed by atoms with Gasteiger partial charge in [-0.2, -0.15) is 0 Å². The van der Waals surface area contributed by atoms with Crippen LogP contribution in [0.25, 0.3) is 0 Å². The van der Waals surface area contributed by atoms with Gasteiger partial charge in [-0.05, 0) is 13.5 Å². The number of hydrogen-bond donors (Lipinski definition) is 4. The maximum Gasteiger partial charge on any atom is 0.183 e. The molecule has 1 fully saturated rings. The lowest BCUT2D eigenvalue weighted by atomic mass is 9.83. The van der Waals surface area contributed by atoms with Gasteiger partial charge in [0.05, 0.1) is 19.0 Å². The van der Waals surface area contributed by atoms with Crippen molar-refractivity contribution in [2.75, 3.05) is 20.1 Å². The molecule has 0 bridgehead atoms. The van der Waals surface area contributed by atoms with Crippen molar-refractivity contribution in [2.45, 2.75) is 24.9 Å². The maximum absolute atomic E-state index is 9.53. The molecular formula is C8H17NO4. The number of likely N-dealkylation sites (N-methyl/N-ethyl adjacent to an activating group) is 1. The van der Waals surface area contributed by atoms with Gasteiger partial charge in [-0.15, -0.1) is 0 Å². The largest absolute Gasteiger partial charge is 0.364 e. The molecule has 1 saturated heterocycles. The Hall–Kier alpha value is -0.200. The van der Waals surface area contributed by atoms with E-state index in [-0.39, 0.29) is 13.1 Å². The Kier molecular flexibility index (Phi) is 2.66. The van der Waals surface area contributed by atoms with Crippen LogP contribution in [0.5, 0.6) is 0 Å². The highest BCUT2D eigenvalue weighted by Crippen LogP contribution is 2.33. The monoisotopic (exact) mass is 191 g/mol. The molecular weight excluding hydrogens is 174 g/mol. The molecule has 0 unspecified atom stereocenters. The Morgan fingerprint density at radius 2 is 1.54 bits per heavy atom. The predicted molar refractivity (Wildman–Crippen MR) is 45.6 cm³/mol. The van der Waals surface area contributed by atoms with Crippen LogP contribution in [0.2, 0.25) is 0 Å². The van der Waals surface area contributed by atoms with E-state index in [4.69, 9.17) is 0 Å². The fourth-order valence-electron chi connectivity index (χ4n) is 2.09. The smallest absolute Gasteiger partial charge is 0.183 e. The molecule has 0 saturated carbocycles. The fourth-order valence-corrected chi connectivity index (χ4v) is 2.09. The molecule has 0 aliphatic carbocycles. The highest BCUT2D eigenvalue weighted by Gasteiger charge is 2.51. The summed E-state index contributed by atoms with van der Waals surface area (Å²) >= 11 is 0. The van der Waals surface area contributed by atoms with Gasteiger partial charge < -0.3 is 20.4 Å². The SMILES string of the molecule is CCC1C(O)(O)CN(C)CC1(O)O. The highest BCUT2D eigenvalue weighted by molar-refractivity contribution is 4.93. The Balaban J connectivity index is 2.88. The molecule has 78 valence electrons. The molecule has 0 radical (unpaired) electrons. The first kappa shape index (κ1) is 10.9. The van der Waals surface area contributed by atoms with E-state index in [1.807, 2.05) is 0 Å². The van der Waals surface area contributed by atoms with E-state index < -0.39 is 17.5 Å². The van der Waals surface area contributed by atoms with E-state index in [2.05, 4.69) is 0 Å². The molecule has 5 nitrogen and oxygen atoms in total. The zero-order valence-corrected chi connectivity index (χ0v) is 7.93. The molecule has 1 aliphatic rings. The number of β-amino-alcohol motifs (C(OH)–C–C–N with tert-alkyl or cyclic N) is 4. The van der Waals surface area contributed by atoms with Gasteiger partial charge in [0, 0.05) is 0 Å².